The van der Waals surface area contributed by atoms with E-state index in [1.807, 2.05) is 24.3 Å². The van der Waals surface area contributed by atoms with Gasteiger partial charge in [-0.05, 0) is 52.6 Å². The molecular formula is C24H16NO6S-. The maximum absolute atomic E-state index is 12.9. The predicted molar refractivity (Wildman–Crippen MR) is 113 cm³/mol. The Morgan fingerprint density at radius 2 is 1.72 bits per heavy atom. The van der Waals surface area contributed by atoms with Crippen LogP contribution in [0.3, 0.4) is 0 Å². The topological polar surface area (TPSA) is 104 Å². The lowest BCUT2D eigenvalue weighted by molar-refractivity contribution is -0.255. The molecule has 5 rings (SSSR count). The summed E-state index contributed by atoms with van der Waals surface area (Å²) >= 11 is 0. The van der Waals surface area contributed by atoms with Gasteiger partial charge in [0.15, 0.2) is 0 Å². The van der Waals surface area contributed by atoms with Crippen molar-refractivity contribution >= 4 is 27.5 Å². The number of hydrogen-bond donors (Lipinski definition) is 0. The van der Waals surface area contributed by atoms with Gasteiger partial charge in [-0.15, -0.1) is 0 Å². The Hall–Kier alpha value is -3.91. The lowest BCUT2D eigenvalue weighted by atomic mass is 9.93. The minimum Gasteiger partial charge on any atom is -0.545 e. The fourth-order valence-electron chi connectivity index (χ4n) is 4.01. The molecular weight excluding hydrogens is 430 g/mol. The summed E-state index contributed by atoms with van der Waals surface area (Å²) in [6, 6.07) is 17.9. The van der Waals surface area contributed by atoms with Crippen molar-refractivity contribution in [3.63, 3.8) is 0 Å². The quantitative estimate of drug-likeness (QED) is 0.611. The van der Waals surface area contributed by atoms with E-state index in [1.165, 1.54) is 24.3 Å². The van der Waals surface area contributed by atoms with Crippen molar-refractivity contribution in [1.29, 1.82) is 0 Å². The first-order valence-electron chi connectivity index (χ1n) is 9.81. The third kappa shape index (κ3) is 3.07. The number of carbonyl (C=O) groups excluding carboxylic acids is 2. The largest absolute Gasteiger partial charge is 0.545 e. The lowest BCUT2D eigenvalue weighted by Crippen LogP contribution is -2.30. The zero-order valence-corrected chi connectivity index (χ0v) is 17.5. The highest BCUT2D eigenvalue weighted by Crippen LogP contribution is 2.38. The highest BCUT2D eigenvalue weighted by atomic mass is 32.2. The number of carboxylic acids is 1. The number of sulfonamides is 1. The van der Waals surface area contributed by atoms with E-state index in [-0.39, 0.29) is 29.2 Å². The first kappa shape index (κ1) is 20.0. The number of amides is 1. The number of aromatic carboxylic acids is 1. The van der Waals surface area contributed by atoms with Crippen molar-refractivity contribution in [2.45, 2.75) is 11.5 Å². The van der Waals surface area contributed by atoms with Crippen LogP contribution in [0, 0.1) is 0 Å². The zero-order valence-electron chi connectivity index (χ0n) is 16.6. The van der Waals surface area contributed by atoms with Crippen molar-refractivity contribution in [2.24, 2.45) is 0 Å². The van der Waals surface area contributed by atoms with E-state index in [9.17, 15) is 23.1 Å². The van der Waals surface area contributed by atoms with Crippen LogP contribution in [0.25, 0.3) is 5.57 Å². The second-order valence-corrected chi connectivity index (χ2v) is 9.23. The first-order valence-corrected chi connectivity index (χ1v) is 11.2. The molecule has 0 spiro atoms. The number of carbonyl (C=O) groups is 2. The fourth-order valence-corrected chi connectivity index (χ4v) is 5.52. The number of benzene rings is 3. The van der Waals surface area contributed by atoms with Crippen LogP contribution in [0.2, 0.25) is 0 Å². The number of hydrogen-bond acceptors (Lipinski definition) is 6. The molecule has 0 N–H and O–H groups in total. The predicted octanol–water partition coefficient (Wildman–Crippen LogP) is 2.22. The third-order valence-corrected chi connectivity index (χ3v) is 7.38. The molecule has 1 amide bonds. The average Bonchev–Trinajstić information content (AvgIpc) is 2.90. The van der Waals surface area contributed by atoms with Crippen LogP contribution in [0.5, 0.6) is 5.75 Å². The van der Waals surface area contributed by atoms with E-state index in [0.717, 1.165) is 15.4 Å². The number of fused-ring (bicyclic) bond motifs is 3. The molecule has 32 heavy (non-hydrogen) atoms. The second-order valence-electron chi connectivity index (χ2n) is 7.40. The van der Waals surface area contributed by atoms with Crippen LogP contribution >= 0.6 is 0 Å². The Morgan fingerprint density at radius 3 is 2.47 bits per heavy atom. The highest BCUT2D eigenvalue weighted by molar-refractivity contribution is 7.90. The maximum atomic E-state index is 12.9. The number of rotatable bonds is 3. The van der Waals surface area contributed by atoms with Crippen LogP contribution < -0.4 is 9.84 Å². The van der Waals surface area contributed by atoms with Crippen molar-refractivity contribution in [3.05, 3.63) is 101 Å². The van der Waals surface area contributed by atoms with Crippen molar-refractivity contribution in [2.75, 3.05) is 6.54 Å². The van der Waals surface area contributed by atoms with Gasteiger partial charge in [0.25, 0.3) is 15.9 Å². The van der Waals surface area contributed by atoms with Crippen molar-refractivity contribution in [3.8, 4) is 5.75 Å². The molecule has 0 atom stereocenters. The van der Waals surface area contributed by atoms with Gasteiger partial charge in [0.05, 0.1) is 18.1 Å². The van der Waals surface area contributed by atoms with Crippen molar-refractivity contribution < 1.29 is 27.9 Å². The molecule has 8 heteroatoms. The molecule has 0 bridgehead atoms. The smallest absolute Gasteiger partial charge is 0.269 e. The van der Waals surface area contributed by atoms with Gasteiger partial charge in [-0.1, -0.05) is 42.5 Å². The Balaban J connectivity index is 1.64. The van der Waals surface area contributed by atoms with Crippen LogP contribution in [0.1, 0.15) is 37.4 Å². The minimum atomic E-state index is -3.98. The maximum Gasteiger partial charge on any atom is 0.269 e. The molecule has 0 aliphatic carbocycles. The van der Waals surface area contributed by atoms with E-state index >= 15 is 0 Å². The van der Waals surface area contributed by atoms with E-state index in [1.54, 1.807) is 24.3 Å². The standard InChI is InChI=1S/C24H17NO6S/c26-23-19-7-3-4-8-22(19)32(29,30)25(23)12-11-18-17-6-2-1-5-16(17)14-31-21-10-9-15(24(27)28)13-20(18)21/h1-11,13H,12,14H2,(H,27,28)/p-1/b18-11+. The van der Waals surface area contributed by atoms with E-state index in [2.05, 4.69) is 0 Å². The molecule has 2 aliphatic rings. The summed E-state index contributed by atoms with van der Waals surface area (Å²) in [5, 5.41) is 11.4. The number of ether oxygens (including phenoxy) is 1. The Bertz CT molecular complexity index is 1420. The summed E-state index contributed by atoms with van der Waals surface area (Å²) in [6.45, 7) is 0.0477. The molecule has 0 aromatic heterocycles. The van der Waals surface area contributed by atoms with Crippen LogP contribution in [0.15, 0.2) is 77.7 Å². The summed E-state index contributed by atoms with van der Waals surface area (Å²) in [7, 11) is -3.98. The van der Waals surface area contributed by atoms with Gasteiger partial charge in [-0.25, -0.2) is 12.7 Å². The Morgan fingerprint density at radius 1 is 1.00 bits per heavy atom. The molecule has 2 heterocycles. The van der Waals surface area contributed by atoms with Gasteiger partial charge < -0.3 is 14.6 Å². The van der Waals surface area contributed by atoms with E-state index in [0.29, 0.717) is 16.9 Å². The molecule has 2 aliphatic heterocycles. The second kappa shape index (κ2) is 7.35. The molecule has 7 nitrogen and oxygen atoms in total. The summed E-state index contributed by atoms with van der Waals surface area (Å²) in [4.78, 5) is 24.2. The summed E-state index contributed by atoms with van der Waals surface area (Å²) in [5.41, 5.74) is 2.78. The zero-order chi connectivity index (χ0) is 22.5. The molecule has 160 valence electrons. The van der Waals surface area contributed by atoms with Gasteiger partial charge in [-0.2, -0.15) is 0 Å². The third-order valence-electron chi connectivity index (χ3n) is 5.57. The Kier molecular flexibility index (Phi) is 4.60. The SMILES string of the molecule is O=C([O-])c1ccc2c(c1)/C(=C/CN1C(=O)c3ccccc3S1(=O)=O)c1ccccc1CO2. The van der Waals surface area contributed by atoms with Gasteiger partial charge in [0, 0.05) is 5.56 Å². The van der Waals surface area contributed by atoms with Gasteiger partial charge in [0.2, 0.25) is 0 Å². The van der Waals surface area contributed by atoms with Crippen LogP contribution in [-0.4, -0.2) is 31.1 Å². The van der Waals surface area contributed by atoms with Crippen LogP contribution in [0.4, 0.5) is 0 Å². The molecule has 3 aromatic rings. The average molecular weight is 446 g/mol. The van der Waals surface area contributed by atoms with Gasteiger partial charge in [0.1, 0.15) is 17.3 Å². The first-order chi connectivity index (χ1) is 15.4. The summed E-state index contributed by atoms with van der Waals surface area (Å²) in [5.74, 6) is -1.48. The molecule has 0 fully saturated rings. The molecule has 0 saturated heterocycles. The number of nitrogens with zero attached hydrogens (tertiary/aromatic N) is 1. The van der Waals surface area contributed by atoms with Crippen molar-refractivity contribution in [1.82, 2.24) is 4.31 Å². The fraction of sp³-hybridized carbons (Fsp3) is 0.0833. The van der Waals surface area contributed by atoms with Crippen LogP contribution in [-0.2, 0) is 16.6 Å². The van der Waals surface area contributed by atoms with E-state index < -0.39 is 21.9 Å². The van der Waals surface area contributed by atoms with Gasteiger partial charge >= 0.3 is 0 Å². The lowest BCUT2D eigenvalue weighted by Gasteiger charge is -2.16. The van der Waals surface area contributed by atoms with Gasteiger partial charge in [-0.3, -0.25) is 4.79 Å². The summed E-state index contributed by atoms with van der Waals surface area (Å²) < 4.78 is 32.6. The highest BCUT2D eigenvalue weighted by Gasteiger charge is 2.40. The molecule has 3 aromatic carbocycles. The molecule has 0 saturated carbocycles. The number of carboxylic acid groups (broad SMARTS) is 1. The molecule has 0 unspecified atom stereocenters. The normalized spacial score (nSPS) is 17.2. The summed E-state index contributed by atoms with van der Waals surface area (Å²) in [6.07, 6.45) is 1.62. The van der Waals surface area contributed by atoms with E-state index in [4.69, 9.17) is 4.74 Å². The monoisotopic (exact) mass is 446 g/mol. The Labute approximate surface area is 184 Å². The molecule has 0 radical (unpaired) electrons. The minimum absolute atomic E-state index is 0.0207.